The molecule has 0 spiro atoms. The quantitative estimate of drug-likeness (QED) is 0.756. The molecule has 19 heavy (non-hydrogen) atoms. The first-order valence-electron chi connectivity index (χ1n) is 6.49. The summed E-state index contributed by atoms with van der Waals surface area (Å²) in [6.07, 6.45) is 4.83. The zero-order valence-corrected chi connectivity index (χ0v) is 10.8. The zero-order chi connectivity index (χ0) is 13.1. The molecule has 0 radical (unpaired) electrons. The summed E-state index contributed by atoms with van der Waals surface area (Å²) < 4.78 is 0. The van der Waals surface area contributed by atoms with Gasteiger partial charge in [-0.25, -0.2) is 0 Å². The number of benzene rings is 2. The molecule has 94 valence electrons. The van der Waals surface area contributed by atoms with Crippen molar-refractivity contribution < 1.29 is 0 Å². The van der Waals surface area contributed by atoms with Gasteiger partial charge in [0.1, 0.15) is 0 Å². The molecular weight excluding hydrogens is 232 g/mol. The Balaban J connectivity index is 1.78. The van der Waals surface area contributed by atoms with E-state index in [0.29, 0.717) is 0 Å². The third-order valence-electron chi connectivity index (χ3n) is 3.38. The molecule has 2 nitrogen and oxygen atoms in total. The molecule has 0 aromatic heterocycles. The molecule has 3 rings (SSSR count). The fraction of sp³-hybridized carbons (Fsp3) is 0.118. The smallest absolute Gasteiger partial charge is 0.0626 e. The summed E-state index contributed by atoms with van der Waals surface area (Å²) in [6.45, 7) is 4.71. The molecule has 2 aromatic carbocycles. The summed E-state index contributed by atoms with van der Waals surface area (Å²) in [5.74, 6) is 0. The Morgan fingerprint density at radius 3 is 2.53 bits per heavy atom. The van der Waals surface area contributed by atoms with E-state index in [1.54, 1.807) is 0 Å². The largest absolute Gasteiger partial charge is 0.265 e. The third-order valence-corrected chi connectivity index (χ3v) is 3.38. The minimum Gasteiger partial charge on any atom is -0.265 e. The van der Waals surface area contributed by atoms with Crippen LogP contribution in [-0.2, 0) is 6.42 Å². The molecule has 0 saturated carbocycles. The van der Waals surface area contributed by atoms with E-state index in [0.717, 1.165) is 24.1 Å². The molecule has 0 saturated heterocycles. The van der Waals surface area contributed by atoms with E-state index < -0.39 is 0 Å². The average molecular weight is 248 g/mol. The van der Waals surface area contributed by atoms with E-state index in [9.17, 15) is 0 Å². The highest BCUT2D eigenvalue weighted by atomic mass is 15.5. The van der Waals surface area contributed by atoms with Gasteiger partial charge in [-0.1, -0.05) is 55.1 Å². The molecule has 0 bridgehead atoms. The van der Waals surface area contributed by atoms with Crippen molar-refractivity contribution in [3.05, 3.63) is 71.8 Å². The van der Waals surface area contributed by atoms with Crippen LogP contribution in [0.5, 0.6) is 0 Å². The third kappa shape index (κ3) is 2.43. The second-order valence-electron chi connectivity index (χ2n) is 4.62. The molecule has 1 aliphatic rings. The van der Waals surface area contributed by atoms with Gasteiger partial charge in [0.15, 0.2) is 0 Å². The van der Waals surface area contributed by atoms with Crippen LogP contribution in [0.4, 0.5) is 5.69 Å². The Bertz CT molecular complexity index is 611. The number of hydrogen-bond donors (Lipinski definition) is 0. The number of rotatable bonds is 3. The van der Waals surface area contributed by atoms with Gasteiger partial charge >= 0.3 is 0 Å². The Kier molecular flexibility index (Phi) is 3.15. The van der Waals surface area contributed by atoms with Gasteiger partial charge in [-0.2, -0.15) is 5.10 Å². The van der Waals surface area contributed by atoms with E-state index in [4.69, 9.17) is 0 Å². The van der Waals surface area contributed by atoms with Crippen LogP contribution in [0.3, 0.4) is 0 Å². The van der Waals surface area contributed by atoms with Crippen molar-refractivity contribution in [3.8, 4) is 0 Å². The van der Waals surface area contributed by atoms with Crippen LogP contribution in [0, 0.1) is 0 Å². The first kappa shape index (κ1) is 11.7. The zero-order valence-electron chi connectivity index (χ0n) is 10.8. The van der Waals surface area contributed by atoms with Gasteiger partial charge in [-0.3, -0.25) is 5.01 Å². The Hall–Kier alpha value is -2.35. The summed E-state index contributed by atoms with van der Waals surface area (Å²) >= 11 is 0. The van der Waals surface area contributed by atoms with Crippen LogP contribution in [0.25, 0.3) is 6.08 Å². The van der Waals surface area contributed by atoms with Crippen LogP contribution in [-0.4, -0.2) is 12.8 Å². The number of fused-ring (bicyclic) bond motifs is 1. The molecule has 2 aromatic rings. The Morgan fingerprint density at radius 1 is 1.00 bits per heavy atom. The van der Waals surface area contributed by atoms with Crippen molar-refractivity contribution in [3.63, 3.8) is 0 Å². The Labute approximate surface area is 113 Å². The van der Waals surface area contributed by atoms with Crippen LogP contribution in [0.15, 0.2) is 60.2 Å². The second-order valence-corrected chi connectivity index (χ2v) is 4.62. The number of para-hydroxylation sites is 1. The average Bonchev–Trinajstić information content (AvgIpc) is 2.89. The van der Waals surface area contributed by atoms with Crippen molar-refractivity contribution in [2.45, 2.75) is 6.42 Å². The molecule has 1 heterocycles. The summed E-state index contributed by atoms with van der Waals surface area (Å²) in [5, 5.41) is 6.64. The van der Waals surface area contributed by atoms with Gasteiger partial charge in [0.05, 0.1) is 11.9 Å². The van der Waals surface area contributed by atoms with Gasteiger partial charge in [0.25, 0.3) is 0 Å². The number of anilines is 1. The molecule has 2 heteroatoms. The van der Waals surface area contributed by atoms with Crippen LogP contribution >= 0.6 is 0 Å². The van der Waals surface area contributed by atoms with Gasteiger partial charge < -0.3 is 0 Å². The molecular formula is C17H16N2. The number of hydrazone groups is 1. The van der Waals surface area contributed by atoms with E-state index in [2.05, 4.69) is 53.1 Å². The molecule has 1 aliphatic heterocycles. The first-order chi connectivity index (χ1) is 9.36. The maximum atomic E-state index is 4.57. The highest BCUT2D eigenvalue weighted by molar-refractivity contribution is 5.81. The van der Waals surface area contributed by atoms with Gasteiger partial charge in [-0.05, 0) is 29.2 Å². The lowest BCUT2D eigenvalue weighted by atomic mass is 10.1. The summed E-state index contributed by atoms with van der Waals surface area (Å²) in [7, 11) is 0. The summed E-state index contributed by atoms with van der Waals surface area (Å²) in [5.41, 5.74) is 4.83. The van der Waals surface area contributed by atoms with E-state index >= 15 is 0 Å². The predicted molar refractivity (Wildman–Crippen MR) is 81.6 cm³/mol. The second kappa shape index (κ2) is 5.11. The van der Waals surface area contributed by atoms with Crippen molar-refractivity contribution in [1.29, 1.82) is 0 Å². The summed E-state index contributed by atoms with van der Waals surface area (Å²) in [4.78, 5) is 0. The highest BCUT2D eigenvalue weighted by Crippen LogP contribution is 2.27. The van der Waals surface area contributed by atoms with Crippen molar-refractivity contribution in [1.82, 2.24) is 0 Å². The molecule has 0 unspecified atom stereocenters. The maximum absolute atomic E-state index is 4.57. The van der Waals surface area contributed by atoms with Crippen molar-refractivity contribution in [2.24, 2.45) is 5.10 Å². The first-order valence-corrected chi connectivity index (χ1v) is 6.49. The number of hydrogen-bond acceptors (Lipinski definition) is 2. The maximum Gasteiger partial charge on any atom is 0.0626 e. The number of nitrogens with zero attached hydrogens (tertiary/aromatic N) is 2. The van der Waals surface area contributed by atoms with E-state index in [1.807, 2.05) is 24.4 Å². The van der Waals surface area contributed by atoms with Crippen LogP contribution in [0.2, 0.25) is 0 Å². The van der Waals surface area contributed by atoms with Crippen molar-refractivity contribution in [2.75, 3.05) is 11.6 Å². The topological polar surface area (TPSA) is 15.6 Å². The highest BCUT2D eigenvalue weighted by Gasteiger charge is 2.16. The minimum atomic E-state index is 0.959. The van der Waals surface area contributed by atoms with Gasteiger partial charge in [0.2, 0.25) is 0 Å². The Morgan fingerprint density at radius 2 is 1.74 bits per heavy atom. The van der Waals surface area contributed by atoms with E-state index in [-0.39, 0.29) is 0 Å². The minimum absolute atomic E-state index is 0.959. The van der Waals surface area contributed by atoms with Crippen molar-refractivity contribution >= 4 is 18.0 Å². The van der Waals surface area contributed by atoms with Crippen LogP contribution < -0.4 is 5.01 Å². The fourth-order valence-electron chi connectivity index (χ4n) is 2.30. The SMILES string of the molecule is C=Cc1ccc(C=NN2CCc3ccccc32)cc1. The molecule has 0 amide bonds. The molecule has 0 aliphatic carbocycles. The standard InChI is InChI=1S/C17H16N2/c1-2-14-7-9-15(10-8-14)13-18-19-12-11-16-5-3-4-6-17(16)19/h2-10,13H,1,11-12H2. The lowest BCUT2D eigenvalue weighted by Crippen LogP contribution is -2.12. The van der Waals surface area contributed by atoms with Crippen LogP contribution in [0.1, 0.15) is 16.7 Å². The fourth-order valence-corrected chi connectivity index (χ4v) is 2.30. The lowest BCUT2D eigenvalue weighted by molar-refractivity contribution is 0.896. The van der Waals surface area contributed by atoms with Gasteiger partial charge in [-0.15, -0.1) is 0 Å². The molecule has 0 atom stereocenters. The summed E-state index contributed by atoms with van der Waals surface area (Å²) in [6, 6.07) is 16.7. The van der Waals surface area contributed by atoms with E-state index in [1.165, 1.54) is 11.3 Å². The molecule has 0 N–H and O–H groups in total. The monoisotopic (exact) mass is 248 g/mol. The lowest BCUT2D eigenvalue weighted by Gasteiger charge is -2.11. The normalized spacial score (nSPS) is 13.8. The predicted octanol–water partition coefficient (Wildman–Crippen LogP) is 3.73. The van der Waals surface area contributed by atoms with Gasteiger partial charge in [0, 0.05) is 6.54 Å². The molecule has 0 fully saturated rings.